The molecule has 0 aliphatic heterocycles. The maximum Gasteiger partial charge on any atom is 0.346 e. The van der Waals surface area contributed by atoms with Crippen LogP contribution in [0.5, 0.6) is 11.5 Å². The van der Waals surface area contributed by atoms with Gasteiger partial charge in [-0.15, -0.1) is 5.10 Å². The number of hydrogen-bond acceptors (Lipinski definition) is 6. The highest BCUT2D eigenvalue weighted by molar-refractivity contribution is 5.77. The van der Waals surface area contributed by atoms with E-state index in [0.717, 1.165) is 24.2 Å². The second-order valence-electron chi connectivity index (χ2n) is 7.22. The third-order valence-electron chi connectivity index (χ3n) is 4.85. The van der Waals surface area contributed by atoms with Crippen molar-refractivity contribution in [2.24, 2.45) is 0 Å². The van der Waals surface area contributed by atoms with Gasteiger partial charge >= 0.3 is 5.69 Å². The van der Waals surface area contributed by atoms with E-state index in [1.807, 2.05) is 19.1 Å². The first-order valence-corrected chi connectivity index (χ1v) is 10.4. The lowest BCUT2D eigenvalue weighted by molar-refractivity contribution is -0.123. The molecule has 1 saturated carbocycles. The van der Waals surface area contributed by atoms with Crippen LogP contribution in [0.2, 0.25) is 0 Å². The molecule has 2 heterocycles. The van der Waals surface area contributed by atoms with Crippen LogP contribution in [0.1, 0.15) is 25.8 Å². The lowest BCUT2D eigenvalue weighted by Gasteiger charge is -2.08. The smallest absolute Gasteiger partial charge is 0.346 e. The Bertz CT molecular complexity index is 1070. The summed E-state index contributed by atoms with van der Waals surface area (Å²) in [6.07, 6.45) is 5.33. The highest BCUT2D eigenvalue weighted by Crippen LogP contribution is 2.36. The van der Waals surface area contributed by atoms with Gasteiger partial charge < -0.3 is 14.8 Å². The van der Waals surface area contributed by atoms with Crippen molar-refractivity contribution in [1.82, 2.24) is 24.6 Å². The van der Waals surface area contributed by atoms with E-state index in [9.17, 15) is 9.59 Å². The molecule has 0 atom stereocenters. The second kappa shape index (κ2) is 9.46. The average molecular weight is 423 g/mol. The fraction of sp³-hybridized carbons (Fsp3) is 0.364. The van der Waals surface area contributed by atoms with Crippen molar-refractivity contribution < 1.29 is 14.3 Å². The number of amides is 1. The van der Waals surface area contributed by atoms with Crippen molar-refractivity contribution >= 4 is 5.91 Å². The number of carbonyl (C=O) groups is 1. The summed E-state index contributed by atoms with van der Waals surface area (Å²) in [5, 5.41) is 7.25. The third-order valence-corrected chi connectivity index (χ3v) is 4.85. The highest BCUT2D eigenvalue weighted by atomic mass is 16.5. The van der Waals surface area contributed by atoms with Gasteiger partial charge in [-0.05, 0) is 56.2 Å². The monoisotopic (exact) mass is 423 g/mol. The molecule has 1 aliphatic carbocycles. The van der Waals surface area contributed by atoms with Gasteiger partial charge in [-0.2, -0.15) is 0 Å². The zero-order chi connectivity index (χ0) is 21.6. The predicted octanol–water partition coefficient (Wildman–Crippen LogP) is 2.04. The summed E-state index contributed by atoms with van der Waals surface area (Å²) < 4.78 is 14.0. The molecule has 162 valence electrons. The Balaban J connectivity index is 1.31. The SMILES string of the molecule is CCOc1ccc(OCC(=O)NCCn2nc(-c3cccnc3)n(C3CC3)c2=O)cc1. The van der Waals surface area contributed by atoms with Crippen LogP contribution in [-0.4, -0.2) is 45.0 Å². The number of benzene rings is 1. The Morgan fingerprint density at radius 2 is 1.90 bits per heavy atom. The van der Waals surface area contributed by atoms with Gasteiger partial charge in [0, 0.05) is 30.5 Å². The highest BCUT2D eigenvalue weighted by Gasteiger charge is 2.30. The van der Waals surface area contributed by atoms with Crippen LogP contribution in [0.25, 0.3) is 11.4 Å². The number of hydrogen-bond donors (Lipinski definition) is 1. The van der Waals surface area contributed by atoms with E-state index in [0.29, 0.717) is 18.2 Å². The molecule has 2 aromatic heterocycles. The summed E-state index contributed by atoms with van der Waals surface area (Å²) in [5.74, 6) is 1.68. The summed E-state index contributed by atoms with van der Waals surface area (Å²) in [6, 6.07) is 11.0. The number of pyridine rings is 1. The van der Waals surface area contributed by atoms with Gasteiger partial charge in [0.05, 0.1) is 13.2 Å². The average Bonchev–Trinajstić information content (AvgIpc) is 3.58. The van der Waals surface area contributed by atoms with Gasteiger partial charge in [0.25, 0.3) is 5.91 Å². The number of aromatic nitrogens is 4. The molecule has 0 unspecified atom stereocenters. The van der Waals surface area contributed by atoms with Gasteiger partial charge in [0.1, 0.15) is 11.5 Å². The summed E-state index contributed by atoms with van der Waals surface area (Å²) in [7, 11) is 0. The Morgan fingerprint density at radius 1 is 1.16 bits per heavy atom. The van der Waals surface area contributed by atoms with Gasteiger partial charge in [-0.25, -0.2) is 9.48 Å². The molecule has 3 aromatic rings. The molecule has 31 heavy (non-hydrogen) atoms. The zero-order valence-corrected chi connectivity index (χ0v) is 17.4. The zero-order valence-electron chi connectivity index (χ0n) is 17.4. The van der Waals surface area contributed by atoms with Crippen LogP contribution in [0.15, 0.2) is 53.6 Å². The third kappa shape index (κ3) is 5.11. The van der Waals surface area contributed by atoms with Crippen LogP contribution in [0, 0.1) is 0 Å². The minimum absolute atomic E-state index is 0.111. The maximum atomic E-state index is 12.8. The van der Waals surface area contributed by atoms with Gasteiger partial charge in [0.15, 0.2) is 12.4 Å². The molecule has 4 rings (SSSR count). The summed E-state index contributed by atoms with van der Waals surface area (Å²) in [4.78, 5) is 29.0. The van der Waals surface area contributed by atoms with Crippen molar-refractivity contribution in [3.63, 3.8) is 0 Å². The number of rotatable bonds is 10. The largest absolute Gasteiger partial charge is 0.494 e. The molecule has 1 fully saturated rings. The van der Waals surface area contributed by atoms with E-state index < -0.39 is 0 Å². The van der Waals surface area contributed by atoms with Crippen LogP contribution in [0.4, 0.5) is 0 Å². The molecule has 1 N–H and O–H groups in total. The number of carbonyl (C=O) groups excluding carboxylic acids is 1. The van der Waals surface area contributed by atoms with Crippen molar-refractivity contribution in [2.45, 2.75) is 32.4 Å². The first kappa shape index (κ1) is 20.6. The predicted molar refractivity (Wildman–Crippen MR) is 114 cm³/mol. The molecule has 1 aromatic carbocycles. The van der Waals surface area contributed by atoms with Gasteiger partial charge in [-0.1, -0.05) is 0 Å². The van der Waals surface area contributed by atoms with Crippen LogP contribution in [0.3, 0.4) is 0 Å². The summed E-state index contributed by atoms with van der Waals surface area (Å²) in [5.41, 5.74) is 0.638. The summed E-state index contributed by atoms with van der Waals surface area (Å²) >= 11 is 0. The van der Waals surface area contributed by atoms with Gasteiger partial charge in [0.2, 0.25) is 0 Å². The Kier molecular flexibility index (Phi) is 6.30. The van der Waals surface area contributed by atoms with E-state index in [-0.39, 0.29) is 37.3 Å². The lowest BCUT2D eigenvalue weighted by atomic mass is 10.3. The molecule has 0 bridgehead atoms. The molecular formula is C22H25N5O4. The lowest BCUT2D eigenvalue weighted by Crippen LogP contribution is -2.34. The minimum atomic E-state index is -0.268. The summed E-state index contributed by atoms with van der Waals surface area (Å²) in [6.45, 7) is 2.95. The van der Waals surface area contributed by atoms with E-state index in [4.69, 9.17) is 9.47 Å². The molecule has 1 amide bonds. The molecule has 0 saturated heterocycles. The van der Waals surface area contributed by atoms with E-state index in [1.54, 1.807) is 41.2 Å². The minimum Gasteiger partial charge on any atom is -0.494 e. The Morgan fingerprint density at radius 3 is 2.55 bits per heavy atom. The first-order chi connectivity index (χ1) is 15.2. The quantitative estimate of drug-likeness (QED) is 0.536. The standard InChI is InChI=1S/C22H25N5O4/c1-2-30-18-7-9-19(10-8-18)31-15-20(28)24-12-13-26-22(29)27(17-5-6-17)21(25-26)16-4-3-11-23-14-16/h3-4,7-11,14,17H,2,5-6,12-13,15H2,1H3,(H,24,28). The number of nitrogens with zero attached hydrogens (tertiary/aromatic N) is 4. The van der Waals surface area contributed by atoms with Crippen molar-refractivity contribution in [2.75, 3.05) is 19.8 Å². The fourth-order valence-corrected chi connectivity index (χ4v) is 3.22. The molecule has 9 heteroatoms. The first-order valence-electron chi connectivity index (χ1n) is 10.4. The maximum absolute atomic E-state index is 12.8. The second-order valence-corrected chi connectivity index (χ2v) is 7.22. The Hall–Kier alpha value is -3.62. The topological polar surface area (TPSA) is 100 Å². The molecule has 1 aliphatic rings. The van der Waals surface area contributed by atoms with E-state index in [1.165, 1.54) is 4.68 Å². The van der Waals surface area contributed by atoms with Crippen LogP contribution >= 0.6 is 0 Å². The van der Waals surface area contributed by atoms with Crippen LogP contribution < -0.4 is 20.5 Å². The molecule has 9 nitrogen and oxygen atoms in total. The van der Waals surface area contributed by atoms with Crippen molar-refractivity contribution in [1.29, 1.82) is 0 Å². The van der Waals surface area contributed by atoms with E-state index in [2.05, 4.69) is 15.4 Å². The molecular weight excluding hydrogens is 398 g/mol. The van der Waals surface area contributed by atoms with Crippen molar-refractivity contribution in [3.05, 3.63) is 59.3 Å². The molecule has 0 radical (unpaired) electrons. The van der Waals surface area contributed by atoms with Gasteiger partial charge in [-0.3, -0.25) is 14.3 Å². The van der Waals surface area contributed by atoms with Crippen LogP contribution in [-0.2, 0) is 11.3 Å². The van der Waals surface area contributed by atoms with E-state index >= 15 is 0 Å². The normalized spacial score (nSPS) is 13.1. The van der Waals surface area contributed by atoms with Crippen molar-refractivity contribution in [3.8, 4) is 22.9 Å². The Labute approximate surface area is 179 Å². The fourth-order valence-electron chi connectivity index (χ4n) is 3.22. The molecule has 0 spiro atoms. The number of ether oxygens (including phenoxy) is 2. The number of nitrogens with one attached hydrogen (secondary N) is 1.